The molecule has 0 spiro atoms. The van der Waals surface area contributed by atoms with Crippen molar-refractivity contribution < 1.29 is 10.0 Å². The van der Waals surface area contributed by atoms with Gasteiger partial charge in [-0.15, -0.1) is 0 Å². The molecule has 1 heterocycles. The zero-order chi connectivity index (χ0) is 19.4. The Labute approximate surface area is 166 Å². The second-order valence-electron chi connectivity index (χ2n) is 6.13. The molecule has 0 aliphatic carbocycles. The molecule has 0 bridgehead atoms. The van der Waals surface area contributed by atoms with E-state index >= 15 is 0 Å². The van der Waals surface area contributed by atoms with Crippen LogP contribution in [0.2, 0.25) is 10.0 Å². The monoisotopic (exact) mass is 402 g/mol. The predicted octanol–water partition coefficient (Wildman–Crippen LogP) is 5.36. The number of non-ortho nitro benzene ring substituents is 1. The molecule has 0 saturated carbocycles. The van der Waals surface area contributed by atoms with Crippen LogP contribution < -0.4 is 0 Å². The summed E-state index contributed by atoms with van der Waals surface area (Å²) >= 11 is 12.4. The zero-order valence-electron chi connectivity index (χ0n) is 14.1. The van der Waals surface area contributed by atoms with Crippen molar-refractivity contribution in [3.05, 3.63) is 104 Å². The van der Waals surface area contributed by atoms with Gasteiger partial charge in [-0.3, -0.25) is 15.1 Å². The van der Waals surface area contributed by atoms with Gasteiger partial charge in [-0.25, -0.2) is 0 Å². The van der Waals surface area contributed by atoms with Crippen LogP contribution in [0.25, 0.3) is 0 Å². The summed E-state index contributed by atoms with van der Waals surface area (Å²) in [7, 11) is 0. The van der Waals surface area contributed by atoms with Gasteiger partial charge in [0, 0.05) is 40.5 Å². The van der Waals surface area contributed by atoms with Crippen LogP contribution in [-0.4, -0.2) is 15.0 Å². The van der Waals surface area contributed by atoms with Crippen molar-refractivity contribution in [3.63, 3.8) is 0 Å². The van der Waals surface area contributed by atoms with Crippen LogP contribution in [0.15, 0.2) is 67.0 Å². The molecule has 2 aromatic carbocycles. The molecule has 7 heteroatoms. The number of pyridine rings is 1. The van der Waals surface area contributed by atoms with E-state index in [9.17, 15) is 15.2 Å². The summed E-state index contributed by atoms with van der Waals surface area (Å²) in [6.07, 6.45) is 2.83. The maximum absolute atomic E-state index is 11.0. The van der Waals surface area contributed by atoms with Gasteiger partial charge >= 0.3 is 0 Å². The molecule has 0 fully saturated rings. The van der Waals surface area contributed by atoms with Gasteiger partial charge in [0.05, 0.1) is 11.0 Å². The number of aliphatic hydroxyl groups excluding tert-OH is 1. The number of halogens is 2. The fourth-order valence-electron chi connectivity index (χ4n) is 2.98. The van der Waals surface area contributed by atoms with Gasteiger partial charge in [0.25, 0.3) is 5.69 Å². The van der Waals surface area contributed by atoms with E-state index in [1.807, 2.05) is 0 Å². The Balaban J connectivity index is 1.97. The molecule has 5 nitrogen and oxygen atoms in total. The summed E-state index contributed by atoms with van der Waals surface area (Å²) in [4.78, 5) is 14.5. The number of nitro benzene ring substituents is 1. The van der Waals surface area contributed by atoms with Crippen LogP contribution in [0.5, 0.6) is 0 Å². The fraction of sp³-hybridized carbons (Fsp3) is 0.150. The average Bonchev–Trinajstić information content (AvgIpc) is 2.67. The van der Waals surface area contributed by atoms with Crippen molar-refractivity contribution in [3.8, 4) is 0 Å². The van der Waals surface area contributed by atoms with Gasteiger partial charge in [-0.1, -0.05) is 47.5 Å². The molecule has 1 aromatic heterocycles. The third-order valence-electron chi connectivity index (χ3n) is 4.37. The number of hydrogen-bond acceptors (Lipinski definition) is 4. The molecule has 0 aliphatic rings. The van der Waals surface area contributed by atoms with E-state index in [0.717, 1.165) is 11.1 Å². The predicted molar refractivity (Wildman–Crippen MR) is 105 cm³/mol. The molecule has 0 aliphatic heterocycles. The van der Waals surface area contributed by atoms with E-state index in [-0.39, 0.29) is 11.6 Å². The maximum atomic E-state index is 11.0. The highest BCUT2D eigenvalue weighted by atomic mass is 35.5. The SMILES string of the molecule is O=[N+]([O-])c1ccc(CC(c2ccc(Cl)cc2Cl)C(O)c2cccnc2)cc1. The topological polar surface area (TPSA) is 76.3 Å². The van der Waals surface area contributed by atoms with Gasteiger partial charge in [0.15, 0.2) is 0 Å². The molecule has 2 unspecified atom stereocenters. The Hall–Kier alpha value is -2.47. The van der Waals surface area contributed by atoms with Crippen LogP contribution in [-0.2, 0) is 6.42 Å². The highest BCUT2D eigenvalue weighted by Crippen LogP contribution is 2.38. The lowest BCUT2D eigenvalue weighted by Gasteiger charge is -2.25. The Morgan fingerprint density at radius 3 is 2.44 bits per heavy atom. The molecule has 138 valence electrons. The van der Waals surface area contributed by atoms with Gasteiger partial charge < -0.3 is 5.11 Å². The minimum absolute atomic E-state index is 0.0210. The van der Waals surface area contributed by atoms with Crippen LogP contribution in [0.4, 0.5) is 5.69 Å². The lowest BCUT2D eigenvalue weighted by Crippen LogP contribution is -2.14. The first-order valence-electron chi connectivity index (χ1n) is 8.22. The molecular formula is C20H16Cl2N2O3. The normalized spacial score (nSPS) is 13.1. The van der Waals surface area contributed by atoms with Crippen LogP contribution in [0, 0.1) is 10.1 Å². The van der Waals surface area contributed by atoms with Crippen LogP contribution in [0.1, 0.15) is 28.7 Å². The highest BCUT2D eigenvalue weighted by molar-refractivity contribution is 6.35. The lowest BCUT2D eigenvalue weighted by molar-refractivity contribution is -0.384. The number of benzene rings is 2. The summed E-state index contributed by atoms with van der Waals surface area (Å²) in [6, 6.07) is 15.0. The number of rotatable bonds is 6. The third-order valence-corrected chi connectivity index (χ3v) is 4.93. The maximum Gasteiger partial charge on any atom is 0.269 e. The summed E-state index contributed by atoms with van der Waals surface area (Å²) in [6.45, 7) is 0. The lowest BCUT2D eigenvalue weighted by atomic mass is 9.84. The molecule has 2 atom stereocenters. The quantitative estimate of drug-likeness (QED) is 0.444. The van der Waals surface area contributed by atoms with Crippen molar-refractivity contribution in [1.82, 2.24) is 4.98 Å². The molecule has 27 heavy (non-hydrogen) atoms. The number of nitrogens with zero attached hydrogens (tertiary/aromatic N) is 2. The molecule has 3 aromatic rings. The van der Waals surface area contributed by atoms with E-state index in [4.69, 9.17) is 23.2 Å². The van der Waals surface area contributed by atoms with Crippen molar-refractivity contribution in [1.29, 1.82) is 0 Å². The summed E-state index contributed by atoms with van der Waals surface area (Å²) in [5, 5.41) is 22.8. The first-order valence-corrected chi connectivity index (χ1v) is 8.97. The summed E-state index contributed by atoms with van der Waals surface area (Å²) in [5.41, 5.74) is 2.28. The number of aliphatic hydroxyl groups is 1. The smallest absolute Gasteiger partial charge is 0.269 e. The largest absolute Gasteiger partial charge is 0.388 e. The standard InChI is InChI=1S/C20H16Cl2N2O3/c21-15-5-8-17(19(22)11-15)18(20(25)14-2-1-9-23-12-14)10-13-3-6-16(7-4-13)24(26)27/h1-9,11-12,18,20,25H,10H2. The second kappa shape index (κ2) is 8.48. The van der Waals surface area contributed by atoms with Gasteiger partial charge in [0.2, 0.25) is 0 Å². The zero-order valence-corrected chi connectivity index (χ0v) is 15.6. The number of hydrogen-bond donors (Lipinski definition) is 1. The van der Waals surface area contributed by atoms with Crippen molar-refractivity contribution in [2.24, 2.45) is 0 Å². The van der Waals surface area contributed by atoms with Gasteiger partial charge in [0.1, 0.15) is 0 Å². The number of nitro groups is 1. The van der Waals surface area contributed by atoms with Crippen molar-refractivity contribution in [2.75, 3.05) is 0 Å². The van der Waals surface area contributed by atoms with E-state index in [1.54, 1.807) is 54.9 Å². The number of aromatic nitrogens is 1. The highest BCUT2D eigenvalue weighted by Gasteiger charge is 2.26. The Morgan fingerprint density at radius 2 is 1.85 bits per heavy atom. The van der Waals surface area contributed by atoms with Crippen molar-refractivity contribution in [2.45, 2.75) is 18.4 Å². The summed E-state index contributed by atoms with van der Waals surface area (Å²) in [5.74, 6) is -0.375. The van der Waals surface area contributed by atoms with E-state index < -0.39 is 11.0 Å². The molecule has 3 rings (SSSR count). The Bertz CT molecular complexity index is 934. The van der Waals surface area contributed by atoms with Crippen LogP contribution >= 0.6 is 23.2 Å². The minimum atomic E-state index is -0.854. The van der Waals surface area contributed by atoms with Crippen molar-refractivity contribution >= 4 is 28.9 Å². The first-order chi connectivity index (χ1) is 13.0. The molecule has 0 radical (unpaired) electrons. The second-order valence-corrected chi connectivity index (χ2v) is 6.97. The minimum Gasteiger partial charge on any atom is -0.388 e. The Morgan fingerprint density at radius 1 is 1.11 bits per heavy atom. The molecule has 1 N–H and O–H groups in total. The van der Waals surface area contributed by atoms with E-state index in [1.165, 1.54) is 12.1 Å². The first kappa shape index (κ1) is 19.3. The van der Waals surface area contributed by atoms with E-state index in [0.29, 0.717) is 22.0 Å². The third kappa shape index (κ3) is 4.63. The van der Waals surface area contributed by atoms with Crippen LogP contribution in [0.3, 0.4) is 0 Å². The molecular weight excluding hydrogens is 387 g/mol. The molecule has 0 saturated heterocycles. The average molecular weight is 403 g/mol. The van der Waals surface area contributed by atoms with Gasteiger partial charge in [-0.2, -0.15) is 0 Å². The Kier molecular flexibility index (Phi) is 6.06. The summed E-state index contributed by atoms with van der Waals surface area (Å²) < 4.78 is 0. The van der Waals surface area contributed by atoms with Gasteiger partial charge in [-0.05, 0) is 41.3 Å². The fourth-order valence-corrected chi connectivity index (χ4v) is 3.53. The molecule has 0 amide bonds. The van der Waals surface area contributed by atoms with E-state index in [2.05, 4.69) is 4.98 Å².